The highest BCUT2D eigenvalue weighted by Gasteiger charge is 2.23. The maximum atomic E-state index is 10.9. The summed E-state index contributed by atoms with van der Waals surface area (Å²) >= 11 is 0. The van der Waals surface area contributed by atoms with E-state index in [0.717, 1.165) is 6.20 Å². The van der Waals surface area contributed by atoms with Gasteiger partial charge in [0.2, 0.25) is 11.7 Å². The zero-order chi connectivity index (χ0) is 15.4. The lowest BCUT2D eigenvalue weighted by molar-refractivity contribution is -0.387. The fourth-order valence-electron chi connectivity index (χ4n) is 1.43. The topological polar surface area (TPSA) is 159 Å². The summed E-state index contributed by atoms with van der Waals surface area (Å²) < 4.78 is 5.18. The van der Waals surface area contributed by atoms with Gasteiger partial charge >= 0.3 is 17.3 Å². The van der Waals surface area contributed by atoms with Crippen molar-refractivity contribution in [2.45, 2.75) is 0 Å². The highest BCUT2D eigenvalue weighted by atomic mass is 16.6. The van der Waals surface area contributed by atoms with Gasteiger partial charge in [-0.05, 0) is 6.07 Å². The lowest BCUT2D eigenvalue weighted by Crippen LogP contribution is -2.11. The van der Waals surface area contributed by atoms with E-state index in [0.29, 0.717) is 0 Å². The van der Waals surface area contributed by atoms with Gasteiger partial charge < -0.3 is 4.74 Å². The first-order chi connectivity index (χ1) is 10.0. The molecule has 0 amide bonds. The Morgan fingerprint density at radius 2 is 1.81 bits per heavy atom. The molecule has 2 rings (SSSR count). The molecule has 108 valence electrons. The van der Waals surface area contributed by atoms with E-state index in [4.69, 9.17) is 10.6 Å². The second kappa shape index (κ2) is 5.75. The van der Waals surface area contributed by atoms with Crippen LogP contribution in [-0.2, 0) is 0 Å². The molecule has 0 aliphatic rings. The third-order valence-corrected chi connectivity index (χ3v) is 2.33. The number of nitro groups is 2. The molecular weight excluding hydrogens is 284 g/mol. The van der Waals surface area contributed by atoms with E-state index in [9.17, 15) is 20.2 Å². The van der Waals surface area contributed by atoms with Crippen LogP contribution in [0, 0.1) is 20.2 Å². The van der Waals surface area contributed by atoms with Crippen LogP contribution in [0.4, 0.5) is 17.3 Å². The zero-order valence-corrected chi connectivity index (χ0v) is 10.3. The highest BCUT2D eigenvalue weighted by molar-refractivity contribution is 5.51. The molecule has 0 aliphatic carbocycles. The highest BCUT2D eigenvalue weighted by Crippen LogP contribution is 2.34. The molecule has 11 heteroatoms. The first-order valence-corrected chi connectivity index (χ1v) is 5.42. The van der Waals surface area contributed by atoms with Gasteiger partial charge in [-0.25, -0.2) is 10.8 Å². The molecule has 0 saturated heterocycles. The van der Waals surface area contributed by atoms with Crippen LogP contribution in [0.25, 0.3) is 0 Å². The average molecular weight is 292 g/mol. The van der Waals surface area contributed by atoms with E-state index < -0.39 is 21.4 Å². The van der Waals surface area contributed by atoms with E-state index in [2.05, 4.69) is 15.4 Å². The standard InChI is InChI=1S/C10H8N6O5/c11-14-10-12-5-7(16(19)20)9(13-10)21-8-4-2-1-3-6(8)15(17)18/h1-5H,11H2,(H,12,13,14). The number of rotatable bonds is 5. The number of hydrogen-bond donors (Lipinski definition) is 2. The Morgan fingerprint density at radius 3 is 2.43 bits per heavy atom. The van der Waals surface area contributed by atoms with Crippen molar-refractivity contribution < 1.29 is 14.6 Å². The maximum Gasteiger partial charge on any atom is 0.349 e. The second-order valence-corrected chi connectivity index (χ2v) is 3.61. The van der Waals surface area contributed by atoms with Gasteiger partial charge in [0, 0.05) is 6.07 Å². The number of nitrogen functional groups attached to an aromatic ring is 1. The summed E-state index contributed by atoms with van der Waals surface area (Å²) in [6, 6.07) is 5.41. The molecule has 21 heavy (non-hydrogen) atoms. The number of hydrazine groups is 1. The summed E-state index contributed by atoms with van der Waals surface area (Å²) in [7, 11) is 0. The van der Waals surface area contributed by atoms with Crippen LogP contribution >= 0.6 is 0 Å². The van der Waals surface area contributed by atoms with Gasteiger partial charge in [0.05, 0.1) is 9.85 Å². The van der Waals surface area contributed by atoms with E-state index in [1.165, 1.54) is 24.3 Å². The molecule has 0 fully saturated rings. The SMILES string of the molecule is NNc1ncc([N+](=O)[O-])c(Oc2ccccc2[N+](=O)[O-])n1. The molecule has 0 spiro atoms. The molecule has 0 atom stereocenters. The molecule has 3 N–H and O–H groups in total. The van der Waals surface area contributed by atoms with Gasteiger partial charge in [-0.2, -0.15) is 4.98 Å². The molecular formula is C10H8N6O5. The Bertz CT molecular complexity index is 706. The van der Waals surface area contributed by atoms with Crippen LogP contribution in [0.3, 0.4) is 0 Å². The summed E-state index contributed by atoms with van der Waals surface area (Å²) in [4.78, 5) is 27.6. The van der Waals surface area contributed by atoms with Crippen LogP contribution in [0.15, 0.2) is 30.5 Å². The molecule has 1 aromatic heterocycles. The number of hydrogen-bond acceptors (Lipinski definition) is 9. The average Bonchev–Trinajstić information content (AvgIpc) is 2.47. The number of nitrogens with zero attached hydrogens (tertiary/aromatic N) is 4. The number of anilines is 1. The largest absolute Gasteiger partial charge is 0.426 e. The van der Waals surface area contributed by atoms with Gasteiger partial charge in [0.1, 0.15) is 6.20 Å². The first-order valence-electron chi connectivity index (χ1n) is 5.42. The van der Waals surface area contributed by atoms with Gasteiger partial charge in [0.25, 0.3) is 0 Å². The van der Waals surface area contributed by atoms with Crippen molar-refractivity contribution in [2.75, 3.05) is 5.43 Å². The Morgan fingerprint density at radius 1 is 1.14 bits per heavy atom. The monoisotopic (exact) mass is 292 g/mol. The van der Waals surface area contributed by atoms with Crippen LogP contribution in [0.1, 0.15) is 0 Å². The minimum atomic E-state index is -0.773. The van der Waals surface area contributed by atoms with Crippen molar-refractivity contribution >= 4 is 17.3 Å². The molecule has 0 saturated carbocycles. The van der Waals surface area contributed by atoms with E-state index >= 15 is 0 Å². The van der Waals surface area contributed by atoms with E-state index in [1.54, 1.807) is 0 Å². The number of nitrogens with one attached hydrogen (secondary N) is 1. The van der Waals surface area contributed by atoms with Crippen molar-refractivity contribution in [3.8, 4) is 11.6 Å². The maximum absolute atomic E-state index is 10.9. The van der Waals surface area contributed by atoms with E-state index in [1.807, 2.05) is 0 Å². The molecule has 1 heterocycles. The predicted molar refractivity (Wildman–Crippen MR) is 69.7 cm³/mol. The summed E-state index contributed by atoms with van der Waals surface area (Å²) in [5.74, 6) is 4.33. The van der Waals surface area contributed by atoms with Gasteiger partial charge in [-0.15, -0.1) is 0 Å². The number of nitrogens with two attached hydrogens (primary N) is 1. The van der Waals surface area contributed by atoms with Crippen LogP contribution in [0.2, 0.25) is 0 Å². The number of para-hydroxylation sites is 2. The Labute approximate surface area is 116 Å². The predicted octanol–water partition coefficient (Wildman–Crippen LogP) is 1.37. The van der Waals surface area contributed by atoms with Crippen molar-refractivity contribution in [3.63, 3.8) is 0 Å². The van der Waals surface area contributed by atoms with Crippen molar-refractivity contribution in [2.24, 2.45) is 5.84 Å². The Balaban J connectivity index is 2.48. The van der Waals surface area contributed by atoms with Crippen molar-refractivity contribution in [1.82, 2.24) is 9.97 Å². The minimum absolute atomic E-state index is 0.130. The fourth-order valence-corrected chi connectivity index (χ4v) is 1.43. The first kappa shape index (κ1) is 14.1. The smallest absolute Gasteiger partial charge is 0.349 e. The lowest BCUT2D eigenvalue weighted by atomic mass is 10.3. The molecule has 11 nitrogen and oxygen atoms in total. The molecule has 0 aliphatic heterocycles. The Kier molecular flexibility index (Phi) is 3.85. The molecule has 1 aromatic carbocycles. The quantitative estimate of drug-likeness (QED) is 0.471. The van der Waals surface area contributed by atoms with Gasteiger partial charge in [-0.1, -0.05) is 12.1 Å². The molecule has 2 aromatic rings. The number of benzene rings is 1. The number of ether oxygens (including phenoxy) is 1. The normalized spacial score (nSPS) is 9.95. The molecule has 0 radical (unpaired) electrons. The fraction of sp³-hybridized carbons (Fsp3) is 0. The summed E-state index contributed by atoms with van der Waals surface area (Å²) in [6.07, 6.45) is 0.881. The van der Waals surface area contributed by atoms with Crippen LogP contribution in [-0.4, -0.2) is 19.8 Å². The molecule has 0 unspecified atom stereocenters. The van der Waals surface area contributed by atoms with Crippen LogP contribution in [0.5, 0.6) is 11.6 Å². The molecule has 0 bridgehead atoms. The van der Waals surface area contributed by atoms with Gasteiger partial charge in [0.15, 0.2) is 0 Å². The third-order valence-electron chi connectivity index (χ3n) is 2.33. The summed E-state index contributed by atoms with van der Waals surface area (Å²) in [6.45, 7) is 0. The second-order valence-electron chi connectivity index (χ2n) is 3.61. The summed E-state index contributed by atoms with van der Waals surface area (Å²) in [5.41, 5.74) is 1.20. The lowest BCUT2D eigenvalue weighted by Gasteiger charge is -2.06. The summed E-state index contributed by atoms with van der Waals surface area (Å²) in [5, 5.41) is 21.8. The van der Waals surface area contributed by atoms with Crippen molar-refractivity contribution in [1.29, 1.82) is 0 Å². The van der Waals surface area contributed by atoms with E-state index in [-0.39, 0.29) is 17.4 Å². The Hall–Kier alpha value is -3.34. The third kappa shape index (κ3) is 2.98. The number of nitro benzene ring substituents is 1. The van der Waals surface area contributed by atoms with Crippen molar-refractivity contribution in [3.05, 3.63) is 50.7 Å². The zero-order valence-electron chi connectivity index (χ0n) is 10.3. The number of aromatic nitrogens is 2. The minimum Gasteiger partial charge on any atom is -0.426 e. The van der Waals surface area contributed by atoms with Gasteiger partial charge in [-0.3, -0.25) is 25.7 Å². The van der Waals surface area contributed by atoms with Crippen LogP contribution < -0.4 is 16.0 Å².